The maximum absolute atomic E-state index is 12.3. The molecule has 1 aromatic carbocycles. The predicted octanol–water partition coefficient (Wildman–Crippen LogP) is 4.92. The lowest BCUT2D eigenvalue weighted by Gasteiger charge is -2.10. The number of nitrogens with one attached hydrogen (secondary N) is 2. The largest absolute Gasteiger partial charge is 0.384 e. The molecule has 0 saturated heterocycles. The van der Waals surface area contributed by atoms with Crippen LogP contribution in [-0.2, 0) is 0 Å². The molecule has 2 aromatic rings. The van der Waals surface area contributed by atoms with Gasteiger partial charge in [0.05, 0.1) is 11.9 Å². The number of hydrogen-bond acceptors (Lipinski definition) is 3. The van der Waals surface area contributed by atoms with E-state index in [4.69, 9.17) is 0 Å². The number of aromatic nitrogens is 1. The van der Waals surface area contributed by atoms with Gasteiger partial charge in [-0.05, 0) is 48.1 Å². The summed E-state index contributed by atoms with van der Waals surface area (Å²) in [6, 6.07) is 11.6. The minimum atomic E-state index is -0.193. The van der Waals surface area contributed by atoms with Crippen LogP contribution in [0, 0.1) is 5.92 Å². The van der Waals surface area contributed by atoms with Crippen LogP contribution in [0.25, 0.3) is 0 Å². The maximum atomic E-state index is 12.3. The molecule has 4 heteroatoms. The molecule has 0 unspecified atom stereocenters. The molecule has 1 amide bonds. The van der Waals surface area contributed by atoms with Crippen molar-refractivity contribution in [3.63, 3.8) is 0 Å². The molecule has 128 valence electrons. The molecule has 0 radical (unpaired) electrons. The van der Waals surface area contributed by atoms with Crippen molar-refractivity contribution in [3.8, 4) is 0 Å². The van der Waals surface area contributed by atoms with E-state index in [0.717, 1.165) is 24.3 Å². The number of pyridine rings is 1. The van der Waals surface area contributed by atoms with Gasteiger partial charge in [0, 0.05) is 12.2 Å². The third kappa shape index (κ3) is 5.37. The standard InChI is InChI=1S/C20H27N3O/c1-14(2)11-12-21-18-9-10-19(22-13-18)20(24)23-17-7-5-16(6-8-17)15(3)4/h5-10,13-15,21H,11-12H2,1-4H3,(H,23,24). The zero-order chi connectivity index (χ0) is 17.5. The van der Waals surface area contributed by atoms with Gasteiger partial charge in [-0.2, -0.15) is 0 Å². The van der Waals surface area contributed by atoms with E-state index in [1.165, 1.54) is 5.56 Å². The molecule has 0 atom stereocenters. The Morgan fingerprint density at radius 1 is 1.00 bits per heavy atom. The average Bonchev–Trinajstić information content (AvgIpc) is 2.55. The second-order valence-corrected chi connectivity index (χ2v) is 6.77. The molecule has 0 spiro atoms. The molecule has 1 heterocycles. The fraction of sp³-hybridized carbons (Fsp3) is 0.400. The molecule has 0 saturated carbocycles. The molecule has 1 aromatic heterocycles. The summed E-state index contributed by atoms with van der Waals surface area (Å²) < 4.78 is 0. The number of rotatable bonds is 7. The molecule has 0 aliphatic carbocycles. The van der Waals surface area contributed by atoms with Crippen LogP contribution < -0.4 is 10.6 Å². The fourth-order valence-electron chi connectivity index (χ4n) is 2.28. The van der Waals surface area contributed by atoms with Crippen LogP contribution in [0.2, 0.25) is 0 Å². The Balaban J connectivity index is 1.92. The summed E-state index contributed by atoms with van der Waals surface area (Å²) in [6.07, 6.45) is 2.81. The number of anilines is 2. The van der Waals surface area contributed by atoms with Crippen molar-refractivity contribution in [2.24, 2.45) is 5.92 Å². The zero-order valence-electron chi connectivity index (χ0n) is 15.0. The average molecular weight is 325 g/mol. The van der Waals surface area contributed by atoms with Crippen molar-refractivity contribution in [3.05, 3.63) is 53.9 Å². The van der Waals surface area contributed by atoms with Crippen LogP contribution in [-0.4, -0.2) is 17.4 Å². The van der Waals surface area contributed by atoms with Gasteiger partial charge in [0.1, 0.15) is 5.69 Å². The van der Waals surface area contributed by atoms with Gasteiger partial charge in [-0.25, -0.2) is 4.98 Å². The number of benzene rings is 1. The summed E-state index contributed by atoms with van der Waals surface area (Å²) >= 11 is 0. The number of carbonyl (C=O) groups excluding carboxylic acids is 1. The van der Waals surface area contributed by atoms with E-state index in [1.54, 1.807) is 12.3 Å². The van der Waals surface area contributed by atoms with Crippen molar-refractivity contribution in [1.29, 1.82) is 0 Å². The number of carbonyl (C=O) groups is 1. The van der Waals surface area contributed by atoms with Crippen molar-refractivity contribution in [2.45, 2.75) is 40.0 Å². The fourth-order valence-corrected chi connectivity index (χ4v) is 2.28. The van der Waals surface area contributed by atoms with Gasteiger partial charge in [0.2, 0.25) is 0 Å². The molecule has 0 fully saturated rings. The van der Waals surface area contributed by atoms with E-state index >= 15 is 0 Å². The first-order chi connectivity index (χ1) is 11.5. The van der Waals surface area contributed by atoms with Gasteiger partial charge in [-0.3, -0.25) is 4.79 Å². The lowest BCUT2D eigenvalue weighted by atomic mass is 10.0. The maximum Gasteiger partial charge on any atom is 0.274 e. The second kappa shape index (κ2) is 8.48. The van der Waals surface area contributed by atoms with Crippen LogP contribution in [0.4, 0.5) is 11.4 Å². The van der Waals surface area contributed by atoms with Gasteiger partial charge in [-0.15, -0.1) is 0 Å². The monoisotopic (exact) mass is 325 g/mol. The van der Waals surface area contributed by atoms with Crippen molar-refractivity contribution in [1.82, 2.24) is 4.98 Å². The number of nitrogens with zero attached hydrogens (tertiary/aromatic N) is 1. The minimum absolute atomic E-state index is 0.193. The van der Waals surface area contributed by atoms with Gasteiger partial charge in [0.25, 0.3) is 5.91 Å². The summed E-state index contributed by atoms with van der Waals surface area (Å²) in [5, 5.41) is 6.19. The minimum Gasteiger partial charge on any atom is -0.384 e. The summed E-state index contributed by atoms with van der Waals surface area (Å²) in [4.78, 5) is 16.5. The Morgan fingerprint density at radius 3 is 2.21 bits per heavy atom. The van der Waals surface area contributed by atoms with Gasteiger partial charge in [-0.1, -0.05) is 39.8 Å². The van der Waals surface area contributed by atoms with Crippen LogP contribution >= 0.6 is 0 Å². The molecule has 2 N–H and O–H groups in total. The first-order valence-electron chi connectivity index (χ1n) is 8.57. The second-order valence-electron chi connectivity index (χ2n) is 6.77. The highest BCUT2D eigenvalue weighted by Crippen LogP contribution is 2.17. The highest BCUT2D eigenvalue weighted by atomic mass is 16.1. The van der Waals surface area contributed by atoms with E-state index in [-0.39, 0.29) is 5.91 Å². The van der Waals surface area contributed by atoms with E-state index in [1.807, 2.05) is 30.3 Å². The highest BCUT2D eigenvalue weighted by Gasteiger charge is 2.08. The Labute approximate surface area is 144 Å². The van der Waals surface area contributed by atoms with Crippen LogP contribution in [0.1, 0.15) is 56.1 Å². The highest BCUT2D eigenvalue weighted by molar-refractivity contribution is 6.02. The molecule has 24 heavy (non-hydrogen) atoms. The quantitative estimate of drug-likeness (QED) is 0.760. The first kappa shape index (κ1) is 18.0. The van der Waals surface area contributed by atoms with Crippen molar-refractivity contribution >= 4 is 17.3 Å². The summed E-state index contributed by atoms with van der Waals surface area (Å²) in [6.45, 7) is 9.59. The molecule has 0 aliphatic heterocycles. The Kier molecular flexibility index (Phi) is 6.36. The Hall–Kier alpha value is -2.36. The topological polar surface area (TPSA) is 54.0 Å². The summed E-state index contributed by atoms with van der Waals surface area (Å²) in [5.74, 6) is 0.950. The Bertz CT molecular complexity index is 646. The third-order valence-corrected chi connectivity index (χ3v) is 3.88. The van der Waals surface area contributed by atoms with Crippen LogP contribution in [0.5, 0.6) is 0 Å². The molecule has 0 aliphatic rings. The SMILES string of the molecule is CC(C)CCNc1ccc(C(=O)Nc2ccc(C(C)C)cc2)nc1. The van der Waals surface area contributed by atoms with Crippen LogP contribution in [0.3, 0.4) is 0 Å². The predicted molar refractivity (Wildman–Crippen MR) is 101 cm³/mol. The first-order valence-corrected chi connectivity index (χ1v) is 8.57. The van der Waals surface area contributed by atoms with Gasteiger partial charge >= 0.3 is 0 Å². The summed E-state index contributed by atoms with van der Waals surface area (Å²) in [5.41, 5.74) is 3.39. The Morgan fingerprint density at radius 2 is 1.67 bits per heavy atom. The smallest absolute Gasteiger partial charge is 0.274 e. The van der Waals surface area contributed by atoms with Crippen molar-refractivity contribution < 1.29 is 4.79 Å². The number of hydrogen-bond donors (Lipinski definition) is 2. The normalized spacial score (nSPS) is 10.9. The van der Waals surface area contributed by atoms with Crippen LogP contribution in [0.15, 0.2) is 42.6 Å². The zero-order valence-corrected chi connectivity index (χ0v) is 15.0. The number of amides is 1. The van der Waals surface area contributed by atoms with E-state index in [2.05, 4.69) is 43.3 Å². The molecule has 0 bridgehead atoms. The van der Waals surface area contributed by atoms with E-state index in [9.17, 15) is 4.79 Å². The van der Waals surface area contributed by atoms with E-state index < -0.39 is 0 Å². The lowest BCUT2D eigenvalue weighted by Crippen LogP contribution is -2.14. The van der Waals surface area contributed by atoms with Crippen molar-refractivity contribution in [2.75, 3.05) is 17.2 Å². The van der Waals surface area contributed by atoms with E-state index in [0.29, 0.717) is 17.5 Å². The molecular weight excluding hydrogens is 298 g/mol. The van der Waals surface area contributed by atoms with Gasteiger partial charge < -0.3 is 10.6 Å². The molecular formula is C20H27N3O. The third-order valence-electron chi connectivity index (χ3n) is 3.88. The molecule has 4 nitrogen and oxygen atoms in total. The molecule has 2 rings (SSSR count). The lowest BCUT2D eigenvalue weighted by molar-refractivity contribution is 0.102. The van der Waals surface area contributed by atoms with Gasteiger partial charge in [0.15, 0.2) is 0 Å². The summed E-state index contributed by atoms with van der Waals surface area (Å²) in [7, 11) is 0.